The van der Waals surface area contributed by atoms with Crippen LogP contribution < -0.4 is 0 Å². The van der Waals surface area contributed by atoms with Gasteiger partial charge in [0.05, 0.1) is 0 Å². The minimum atomic E-state index is -6.17. The van der Waals surface area contributed by atoms with Crippen LogP contribution in [-0.2, 0) is 17.8 Å². The quantitative estimate of drug-likeness (QED) is 0.383. The summed E-state index contributed by atoms with van der Waals surface area (Å²) in [4.78, 5) is 0. The Bertz CT molecular complexity index is 252. The molecule has 6 nitrogen and oxygen atoms in total. The molecule has 0 aromatic heterocycles. The summed E-state index contributed by atoms with van der Waals surface area (Å²) in [5.74, 6) is 0. The van der Waals surface area contributed by atoms with Gasteiger partial charge < -0.3 is 13.7 Å². The summed E-state index contributed by atoms with van der Waals surface area (Å²) in [5, 5.41) is 0. The maximum Gasteiger partial charge on any atom is 0.166 e. The lowest BCUT2D eigenvalue weighted by Crippen LogP contribution is -2.38. The molecule has 8 heteroatoms. The molecule has 1 N–H and O–H groups in total. The molecule has 0 aromatic carbocycles. The Balaban J connectivity index is 5.35. The van der Waals surface area contributed by atoms with Crippen molar-refractivity contribution < 1.29 is 26.3 Å². The molecule has 0 aliphatic carbocycles. The number of hydrogen-bond acceptors (Lipinski definition) is 5. The van der Waals surface area contributed by atoms with Gasteiger partial charge in [-0.25, -0.2) is 8.42 Å². The Labute approximate surface area is 51.1 Å². The van der Waals surface area contributed by atoms with Crippen LogP contribution in [0.3, 0.4) is 0 Å². The molecule has 0 unspecified atom stereocenters. The second-order valence-corrected chi connectivity index (χ2v) is 8.04. The van der Waals surface area contributed by atoms with Crippen molar-refractivity contribution in [1.82, 2.24) is 0 Å². The lowest BCUT2D eigenvalue weighted by molar-refractivity contribution is 0.382. The molecule has 0 amide bonds. The Morgan fingerprint density at radius 3 is 1.67 bits per heavy atom. The van der Waals surface area contributed by atoms with Crippen LogP contribution in [0.1, 0.15) is 0 Å². The molecule has 0 spiro atoms. The highest BCUT2D eigenvalue weighted by Crippen LogP contribution is 2.17. The summed E-state index contributed by atoms with van der Waals surface area (Å²) >= 11 is 0. The Morgan fingerprint density at radius 2 is 1.67 bits per heavy atom. The Kier molecular flexibility index (Phi) is 1.52. The van der Waals surface area contributed by atoms with E-state index in [2.05, 4.69) is 0 Å². The van der Waals surface area contributed by atoms with Gasteiger partial charge in [0.2, 0.25) is 0 Å². The van der Waals surface area contributed by atoms with Gasteiger partial charge in [-0.3, -0.25) is 4.21 Å². The monoisotopic (exact) mass is 176 g/mol. The summed E-state index contributed by atoms with van der Waals surface area (Å²) in [6, 6.07) is 0. The van der Waals surface area contributed by atoms with Crippen molar-refractivity contribution in [3.63, 3.8) is 0 Å². The van der Waals surface area contributed by atoms with Crippen LogP contribution in [0.4, 0.5) is 0 Å². The molecule has 0 rings (SSSR count). The molecule has 0 radical (unpaired) electrons. The van der Waals surface area contributed by atoms with Crippen molar-refractivity contribution in [3.8, 4) is 0 Å². The fraction of sp³-hybridized carbons (Fsp3) is 1.00. The van der Waals surface area contributed by atoms with E-state index in [1.54, 1.807) is 0 Å². The summed E-state index contributed by atoms with van der Waals surface area (Å²) in [7, 11) is -11.8. The molecular weight excluding hydrogens is 172 g/mol. The first kappa shape index (κ1) is 8.98. The van der Waals surface area contributed by atoms with Crippen LogP contribution in [0.5, 0.6) is 0 Å². The lowest BCUT2D eigenvalue weighted by Gasteiger charge is -2.39. The summed E-state index contributed by atoms with van der Waals surface area (Å²) in [6.45, 7) is 0. The third-order valence-corrected chi connectivity index (χ3v) is 4.16. The Morgan fingerprint density at radius 1 is 1.56 bits per heavy atom. The zero-order valence-corrected chi connectivity index (χ0v) is 5.94. The molecule has 0 aliphatic rings. The molecule has 0 aliphatic heterocycles. The van der Waals surface area contributed by atoms with Crippen molar-refractivity contribution in [3.05, 3.63) is 0 Å². The molecule has 0 fully saturated rings. The van der Waals surface area contributed by atoms with Gasteiger partial charge in [0.15, 0.2) is 9.15 Å². The summed E-state index contributed by atoms with van der Waals surface area (Å²) in [5.41, 5.74) is 0. The smallest absolute Gasteiger partial charge is 0.166 e. The maximum absolute atomic E-state index is 9.91. The molecule has 0 atom stereocenters. The zero-order valence-electron chi connectivity index (χ0n) is 4.30. The van der Waals surface area contributed by atoms with E-state index in [0.717, 1.165) is 0 Å². The topological polar surface area (TPSA) is 118 Å². The standard InChI is InChI=1S/CH6O6S2/c1-9(5,6,7)8(2,3)4/h1H3,(H,2,3,4)(H2,5,6,7)/p-2. The summed E-state index contributed by atoms with van der Waals surface area (Å²) < 4.78 is 56.5. The third kappa shape index (κ3) is 1.99. The van der Waals surface area contributed by atoms with Crippen LogP contribution in [0, 0.1) is 0 Å². The number of rotatable bonds is 1. The van der Waals surface area contributed by atoms with Gasteiger partial charge in [0.25, 0.3) is 0 Å². The largest absolute Gasteiger partial charge is 0.759 e. The van der Waals surface area contributed by atoms with Gasteiger partial charge in [-0.15, -0.1) is 0 Å². The fourth-order valence-electron chi connectivity index (χ4n) is 0. The molecular formula is CH4O6S2-2. The van der Waals surface area contributed by atoms with Crippen molar-refractivity contribution in [1.29, 1.82) is 0 Å². The molecule has 9 heavy (non-hydrogen) atoms. The van der Waals surface area contributed by atoms with Crippen LogP contribution in [0.15, 0.2) is 0 Å². The van der Waals surface area contributed by atoms with Crippen LogP contribution in [0.2, 0.25) is 0 Å². The second kappa shape index (κ2) is 1.52. The van der Waals surface area contributed by atoms with Crippen molar-refractivity contribution in [2.45, 2.75) is 0 Å². The van der Waals surface area contributed by atoms with E-state index in [4.69, 9.17) is 4.55 Å². The normalized spacial score (nSPS) is 18.4. The SMILES string of the molecule is CS(=O)([O-])(O)S(=O)(=O)[O-]. The van der Waals surface area contributed by atoms with Crippen LogP contribution in [0.25, 0.3) is 0 Å². The fourth-order valence-corrected chi connectivity index (χ4v) is 0. The second-order valence-electron chi connectivity index (χ2n) is 1.52. The predicted molar refractivity (Wildman–Crippen MR) is 27.2 cm³/mol. The van der Waals surface area contributed by atoms with Crippen molar-refractivity contribution in [2.75, 3.05) is 6.26 Å². The predicted octanol–water partition coefficient (Wildman–Crippen LogP) is -1.50. The van der Waals surface area contributed by atoms with Gasteiger partial charge in [-0.1, -0.05) is 0 Å². The molecule has 0 saturated carbocycles. The van der Waals surface area contributed by atoms with E-state index >= 15 is 0 Å². The minimum Gasteiger partial charge on any atom is -0.759 e. The minimum absolute atomic E-state index is 0.0560. The molecule has 0 aromatic rings. The van der Waals surface area contributed by atoms with E-state index in [0.29, 0.717) is 0 Å². The van der Waals surface area contributed by atoms with Gasteiger partial charge in [-0.2, -0.15) is 0 Å². The lowest BCUT2D eigenvalue weighted by atomic mass is 12.0. The first-order chi connectivity index (χ1) is 3.51. The van der Waals surface area contributed by atoms with E-state index in [-0.39, 0.29) is 6.26 Å². The Hall–Kier alpha value is -0.0200. The van der Waals surface area contributed by atoms with E-state index < -0.39 is 17.8 Å². The highest BCUT2D eigenvalue weighted by atomic mass is 33.2. The average molecular weight is 176 g/mol. The van der Waals surface area contributed by atoms with Crippen molar-refractivity contribution >= 4 is 17.8 Å². The molecule has 0 bridgehead atoms. The zero-order chi connectivity index (χ0) is 7.95. The highest BCUT2D eigenvalue weighted by molar-refractivity contribution is 8.74. The molecule has 0 heterocycles. The van der Waals surface area contributed by atoms with Gasteiger partial charge in [0.1, 0.15) is 0 Å². The number of hydrogen-bond donors (Lipinski definition) is 1. The molecule has 0 saturated heterocycles. The van der Waals surface area contributed by atoms with Gasteiger partial charge >= 0.3 is 0 Å². The van der Waals surface area contributed by atoms with Gasteiger partial charge in [-0.05, 0) is 0 Å². The van der Waals surface area contributed by atoms with E-state index in [9.17, 15) is 21.7 Å². The van der Waals surface area contributed by atoms with E-state index in [1.807, 2.05) is 0 Å². The first-order valence-corrected chi connectivity index (χ1v) is 5.77. The van der Waals surface area contributed by atoms with Crippen LogP contribution in [-0.4, -0.2) is 32.5 Å². The summed E-state index contributed by atoms with van der Waals surface area (Å²) in [6.07, 6.45) is -0.0560. The third-order valence-electron chi connectivity index (χ3n) is 0.462. The average Bonchev–Trinajstić information content (AvgIpc) is 1.20. The van der Waals surface area contributed by atoms with E-state index in [1.165, 1.54) is 0 Å². The van der Waals surface area contributed by atoms with Gasteiger partial charge in [0, 0.05) is 14.9 Å². The highest BCUT2D eigenvalue weighted by Gasteiger charge is 2.20. The van der Waals surface area contributed by atoms with Crippen molar-refractivity contribution in [2.24, 2.45) is 0 Å². The maximum atomic E-state index is 9.91. The van der Waals surface area contributed by atoms with Crippen LogP contribution >= 0.6 is 0 Å². The first-order valence-electron chi connectivity index (χ1n) is 1.59. The molecule has 58 valence electrons.